The quantitative estimate of drug-likeness (QED) is 0.876. The maximum atomic E-state index is 12.2. The number of carbonyl (C=O) groups is 1. The Kier molecular flexibility index (Phi) is 5.87. The van der Waals surface area contributed by atoms with Gasteiger partial charge in [-0.1, -0.05) is 26.0 Å². The molecule has 22 heavy (non-hydrogen) atoms. The molecule has 0 saturated carbocycles. The van der Waals surface area contributed by atoms with E-state index in [0.29, 0.717) is 30.3 Å². The smallest absolute Gasteiger partial charge is 0.224 e. The van der Waals surface area contributed by atoms with Crippen molar-refractivity contribution in [2.24, 2.45) is 5.92 Å². The molecule has 2 bridgehead atoms. The van der Waals surface area contributed by atoms with E-state index in [4.69, 9.17) is 0 Å². The lowest BCUT2D eigenvalue weighted by molar-refractivity contribution is -0.117. The summed E-state index contributed by atoms with van der Waals surface area (Å²) in [5.41, 5.74) is 2.23. The molecule has 3 rings (SSSR count). The molecule has 2 fully saturated rings. The number of halogens is 1. The zero-order valence-corrected chi connectivity index (χ0v) is 14.3. The molecule has 2 saturated heterocycles. The van der Waals surface area contributed by atoms with Crippen LogP contribution < -0.4 is 10.6 Å². The van der Waals surface area contributed by atoms with E-state index in [1.165, 1.54) is 18.4 Å². The van der Waals surface area contributed by atoms with Gasteiger partial charge in [0, 0.05) is 24.2 Å². The van der Waals surface area contributed by atoms with Gasteiger partial charge in [0.2, 0.25) is 5.91 Å². The minimum atomic E-state index is 0. The molecule has 0 aliphatic carbocycles. The lowest BCUT2D eigenvalue weighted by Gasteiger charge is -2.28. The average molecular weight is 323 g/mol. The molecule has 1 aromatic carbocycles. The first kappa shape index (κ1) is 17.3. The highest BCUT2D eigenvalue weighted by atomic mass is 35.5. The highest BCUT2D eigenvalue weighted by Gasteiger charge is 2.34. The molecule has 0 radical (unpaired) electrons. The van der Waals surface area contributed by atoms with E-state index in [1.54, 1.807) is 0 Å². The van der Waals surface area contributed by atoms with Crippen molar-refractivity contribution < 1.29 is 4.79 Å². The molecule has 0 spiro atoms. The number of carbonyl (C=O) groups excluding carboxylic acids is 1. The van der Waals surface area contributed by atoms with Crippen molar-refractivity contribution in [2.45, 2.75) is 64.0 Å². The van der Waals surface area contributed by atoms with Crippen LogP contribution in [0.5, 0.6) is 0 Å². The van der Waals surface area contributed by atoms with E-state index in [9.17, 15) is 4.79 Å². The van der Waals surface area contributed by atoms with Gasteiger partial charge in [0.05, 0.1) is 0 Å². The van der Waals surface area contributed by atoms with Gasteiger partial charge in [-0.05, 0) is 55.2 Å². The van der Waals surface area contributed by atoms with Gasteiger partial charge in [0.15, 0.2) is 0 Å². The van der Waals surface area contributed by atoms with E-state index in [0.717, 1.165) is 18.5 Å². The van der Waals surface area contributed by atoms with Crippen molar-refractivity contribution in [3.63, 3.8) is 0 Å². The highest BCUT2D eigenvalue weighted by Crippen LogP contribution is 2.32. The van der Waals surface area contributed by atoms with Crippen LogP contribution in [0.15, 0.2) is 24.3 Å². The second-order valence-electron chi connectivity index (χ2n) is 7.00. The minimum Gasteiger partial charge on any atom is -0.326 e. The van der Waals surface area contributed by atoms with Gasteiger partial charge in [-0.25, -0.2) is 0 Å². The molecule has 4 heteroatoms. The van der Waals surface area contributed by atoms with Gasteiger partial charge >= 0.3 is 0 Å². The fourth-order valence-corrected chi connectivity index (χ4v) is 3.77. The molecule has 0 aromatic heterocycles. The molecule has 3 nitrogen and oxygen atoms in total. The van der Waals surface area contributed by atoms with E-state index in [-0.39, 0.29) is 18.3 Å². The van der Waals surface area contributed by atoms with E-state index >= 15 is 0 Å². The largest absolute Gasteiger partial charge is 0.326 e. The van der Waals surface area contributed by atoms with Gasteiger partial charge in [-0.3, -0.25) is 4.79 Å². The standard InChI is InChI=1S/C18H26N2O.ClH/c1-12(2)14-3-5-15(6-4-14)20-18(21)11-13-9-16-7-8-17(10-13)19-16;/h3-6,12-13,16-17,19H,7-11H2,1-2H3,(H,20,21);1H. The zero-order valence-electron chi connectivity index (χ0n) is 13.5. The van der Waals surface area contributed by atoms with E-state index in [1.807, 2.05) is 12.1 Å². The SMILES string of the molecule is CC(C)c1ccc(NC(=O)CC2CC3CCC(C2)N3)cc1.Cl. The third-order valence-electron chi connectivity index (χ3n) is 4.91. The number of anilines is 1. The van der Waals surface area contributed by atoms with Crippen LogP contribution in [0.2, 0.25) is 0 Å². The van der Waals surface area contributed by atoms with Crippen molar-refractivity contribution >= 4 is 24.0 Å². The van der Waals surface area contributed by atoms with Crippen molar-refractivity contribution in [1.29, 1.82) is 0 Å². The first-order valence-corrected chi connectivity index (χ1v) is 8.26. The maximum Gasteiger partial charge on any atom is 0.224 e. The predicted molar refractivity (Wildman–Crippen MR) is 93.7 cm³/mol. The molecular weight excluding hydrogens is 296 g/mol. The number of rotatable bonds is 4. The Morgan fingerprint density at radius 1 is 1.18 bits per heavy atom. The summed E-state index contributed by atoms with van der Waals surface area (Å²) >= 11 is 0. The summed E-state index contributed by atoms with van der Waals surface area (Å²) in [6.45, 7) is 4.36. The number of benzene rings is 1. The number of piperidine rings is 1. The van der Waals surface area contributed by atoms with Crippen LogP contribution in [0.4, 0.5) is 5.69 Å². The van der Waals surface area contributed by atoms with Gasteiger partial charge in [0.25, 0.3) is 0 Å². The van der Waals surface area contributed by atoms with Crippen LogP contribution in [-0.2, 0) is 4.79 Å². The molecule has 2 unspecified atom stereocenters. The number of nitrogens with one attached hydrogen (secondary N) is 2. The minimum absolute atomic E-state index is 0. The fraction of sp³-hybridized carbons (Fsp3) is 0.611. The van der Waals surface area contributed by atoms with Crippen molar-refractivity contribution in [3.8, 4) is 0 Å². The summed E-state index contributed by atoms with van der Waals surface area (Å²) < 4.78 is 0. The first-order valence-electron chi connectivity index (χ1n) is 8.26. The summed E-state index contributed by atoms with van der Waals surface area (Å²) in [7, 11) is 0. The Bertz CT molecular complexity index is 488. The maximum absolute atomic E-state index is 12.2. The molecule has 122 valence electrons. The lowest BCUT2D eigenvalue weighted by atomic mass is 9.89. The Labute approximate surface area is 139 Å². The Hall–Kier alpha value is -1.06. The highest BCUT2D eigenvalue weighted by molar-refractivity contribution is 5.90. The fourth-order valence-electron chi connectivity index (χ4n) is 3.77. The van der Waals surface area contributed by atoms with Crippen LogP contribution in [0.1, 0.15) is 57.4 Å². The third-order valence-corrected chi connectivity index (χ3v) is 4.91. The summed E-state index contributed by atoms with van der Waals surface area (Å²) in [4.78, 5) is 12.2. The predicted octanol–water partition coefficient (Wildman–Crippen LogP) is 4.09. The topological polar surface area (TPSA) is 41.1 Å². The Balaban J connectivity index is 0.00000176. The summed E-state index contributed by atoms with van der Waals surface area (Å²) in [5.74, 6) is 1.25. The monoisotopic (exact) mass is 322 g/mol. The summed E-state index contributed by atoms with van der Waals surface area (Å²) in [6.07, 6.45) is 5.58. The van der Waals surface area contributed by atoms with Gasteiger partial charge in [-0.2, -0.15) is 0 Å². The second kappa shape index (κ2) is 7.47. The van der Waals surface area contributed by atoms with E-state index in [2.05, 4.69) is 36.6 Å². The summed E-state index contributed by atoms with van der Waals surface area (Å²) in [5, 5.41) is 6.67. The van der Waals surface area contributed by atoms with Crippen LogP contribution in [0.3, 0.4) is 0 Å². The van der Waals surface area contributed by atoms with Crippen LogP contribution in [0.25, 0.3) is 0 Å². The van der Waals surface area contributed by atoms with E-state index < -0.39 is 0 Å². The Morgan fingerprint density at radius 3 is 2.32 bits per heavy atom. The first-order chi connectivity index (χ1) is 10.1. The number of hydrogen-bond acceptors (Lipinski definition) is 2. The molecule has 2 atom stereocenters. The van der Waals surface area contributed by atoms with Gasteiger partial charge in [-0.15, -0.1) is 12.4 Å². The molecule has 2 aliphatic rings. The molecule has 2 aliphatic heterocycles. The van der Waals surface area contributed by atoms with Crippen molar-refractivity contribution in [3.05, 3.63) is 29.8 Å². The Morgan fingerprint density at radius 2 is 1.77 bits per heavy atom. The van der Waals surface area contributed by atoms with Gasteiger partial charge < -0.3 is 10.6 Å². The molecule has 1 amide bonds. The second-order valence-corrected chi connectivity index (χ2v) is 7.00. The van der Waals surface area contributed by atoms with Gasteiger partial charge in [0.1, 0.15) is 0 Å². The summed E-state index contributed by atoms with van der Waals surface area (Å²) in [6, 6.07) is 9.55. The van der Waals surface area contributed by atoms with Crippen LogP contribution in [-0.4, -0.2) is 18.0 Å². The van der Waals surface area contributed by atoms with Crippen LogP contribution in [0, 0.1) is 5.92 Å². The molecule has 2 heterocycles. The number of hydrogen-bond donors (Lipinski definition) is 2. The molecule has 2 N–H and O–H groups in total. The van der Waals surface area contributed by atoms with Crippen molar-refractivity contribution in [2.75, 3.05) is 5.32 Å². The number of amides is 1. The average Bonchev–Trinajstić information content (AvgIpc) is 2.78. The van der Waals surface area contributed by atoms with Crippen molar-refractivity contribution in [1.82, 2.24) is 5.32 Å². The van der Waals surface area contributed by atoms with Crippen LogP contribution >= 0.6 is 12.4 Å². The third kappa shape index (κ3) is 4.23. The lowest BCUT2D eigenvalue weighted by Crippen LogP contribution is -2.39. The normalized spacial score (nSPS) is 26.6. The molecule has 1 aromatic rings. The number of fused-ring (bicyclic) bond motifs is 2. The zero-order chi connectivity index (χ0) is 14.8. The molecular formula is C18H27ClN2O.